The van der Waals surface area contributed by atoms with Gasteiger partial charge >= 0.3 is 17.8 Å². The fourth-order valence-electron chi connectivity index (χ4n) is 1.65. The molecule has 1 aromatic carbocycles. The van der Waals surface area contributed by atoms with E-state index in [0.29, 0.717) is 23.6 Å². The number of anilines is 1. The van der Waals surface area contributed by atoms with Gasteiger partial charge in [0.15, 0.2) is 0 Å². The lowest BCUT2D eigenvalue weighted by Gasteiger charge is -2.07. The zero-order chi connectivity index (χ0) is 17.2. The Kier molecular flexibility index (Phi) is 7.53. The third-order valence-electron chi connectivity index (χ3n) is 2.94. The third kappa shape index (κ3) is 6.78. The van der Waals surface area contributed by atoms with Gasteiger partial charge in [-0.3, -0.25) is 9.59 Å². The Morgan fingerprint density at radius 1 is 1.09 bits per heavy atom. The normalized spacial score (nSPS) is 9.83. The van der Waals surface area contributed by atoms with Crippen LogP contribution >= 0.6 is 0 Å². The lowest BCUT2D eigenvalue weighted by molar-refractivity contribution is -0.136. The lowest BCUT2D eigenvalue weighted by Crippen LogP contribution is -2.35. The van der Waals surface area contributed by atoms with Crippen LogP contribution in [-0.2, 0) is 14.4 Å². The molecule has 0 aliphatic carbocycles. The summed E-state index contributed by atoms with van der Waals surface area (Å²) in [6.07, 6.45) is 2.90. The maximum Gasteiger partial charge on any atom is 0.338 e. The quantitative estimate of drug-likeness (QED) is 0.266. The van der Waals surface area contributed by atoms with Crippen molar-refractivity contribution in [3.05, 3.63) is 36.4 Å². The van der Waals surface area contributed by atoms with Gasteiger partial charge in [-0.1, -0.05) is 26.3 Å². The molecule has 0 aliphatic heterocycles. The molecule has 2 N–H and O–H groups in total. The Balaban J connectivity index is 2.47. The molecular formula is C17H22N2O4. The van der Waals surface area contributed by atoms with Gasteiger partial charge < -0.3 is 15.4 Å². The second-order valence-corrected chi connectivity index (χ2v) is 5.11. The number of esters is 1. The first-order chi connectivity index (χ1) is 10.9. The maximum atomic E-state index is 11.7. The molecule has 0 aliphatic rings. The lowest BCUT2D eigenvalue weighted by atomic mass is 10.2. The molecule has 0 bridgehead atoms. The molecule has 0 heterocycles. The van der Waals surface area contributed by atoms with Crippen molar-refractivity contribution in [2.75, 3.05) is 11.9 Å². The number of carbonyl (C=O) groups excluding carboxylic acids is 3. The second kappa shape index (κ2) is 9.40. The number of benzene rings is 1. The number of hydrogen-bond donors (Lipinski definition) is 2. The van der Waals surface area contributed by atoms with Crippen LogP contribution in [0.1, 0.15) is 33.1 Å². The van der Waals surface area contributed by atoms with Gasteiger partial charge in [0, 0.05) is 17.8 Å². The van der Waals surface area contributed by atoms with Gasteiger partial charge in [0.1, 0.15) is 5.75 Å². The summed E-state index contributed by atoms with van der Waals surface area (Å²) in [5.41, 5.74) is 0.732. The standard InChI is InChI=1S/C17H22N2O4/c1-4-5-6-11-18-15(20)16(21)19-13-7-9-14(10-8-13)23-17(22)12(2)3/h7-10H,2,4-6,11H2,1,3H3,(H,18,20)(H,19,21). The average Bonchev–Trinajstić information content (AvgIpc) is 2.53. The maximum absolute atomic E-state index is 11.7. The van der Waals surface area contributed by atoms with E-state index in [1.807, 2.05) is 0 Å². The Labute approximate surface area is 135 Å². The fourth-order valence-corrected chi connectivity index (χ4v) is 1.65. The molecule has 6 nitrogen and oxygen atoms in total. The molecule has 1 aromatic rings. The average molecular weight is 318 g/mol. The summed E-state index contributed by atoms with van der Waals surface area (Å²) in [5.74, 6) is -1.58. The first-order valence-electron chi connectivity index (χ1n) is 7.51. The van der Waals surface area contributed by atoms with Crippen LogP contribution in [0.4, 0.5) is 5.69 Å². The largest absolute Gasteiger partial charge is 0.423 e. The molecule has 23 heavy (non-hydrogen) atoms. The van der Waals surface area contributed by atoms with E-state index >= 15 is 0 Å². The van der Waals surface area contributed by atoms with Crippen molar-refractivity contribution in [1.29, 1.82) is 0 Å². The molecule has 0 spiro atoms. The third-order valence-corrected chi connectivity index (χ3v) is 2.94. The van der Waals surface area contributed by atoms with Crippen molar-refractivity contribution in [3.8, 4) is 5.75 Å². The highest BCUT2D eigenvalue weighted by atomic mass is 16.5. The minimum absolute atomic E-state index is 0.294. The van der Waals surface area contributed by atoms with Gasteiger partial charge in [-0.2, -0.15) is 0 Å². The van der Waals surface area contributed by atoms with Crippen LogP contribution in [0.3, 0.4) is 0 Å². The summed E-state index contributed by atoms with van der Waals surface area (Å²) in [6.45, 7) is 7.58. The van der Waals surface area contributed by atoms with Crippen molar-refractivity contribution in [2.24, 2.45) is 0 Å². The molecule has 0 unspecified atom stereocenters. The van der Waals surface area contributed by atoms with Crippen LogP contribution in [0.2, 0.25) is 0 Å². The van der Waals surface area contributed by atoms with Crippen LogP contribution in [0.15, 0.2) is 36.4 Å². The van der Waals surface area contributed by atoms with Gasteiger partial charge in [-0.05, 0) is 37.6 Å². The molecule has 0 saturated heterocycles. The van der Waals surface area contributed by atoms with E-state index in [-0.39, 0.29) is 0 Å². The molecule has 0 aromatic heterocycles. The monoisotopic (exact) mass is 318 g/mol. The van der Waals surface area contributed by atoms with Gasteiger partial charge in [-0.15, -0.1) is 0 Å². The van der Waals surface area contributed by atoms with Crippen LogP contribution in [0, 0.1) is 0 Å². The second-order valence-electron chi connectivity index (χ2n) is 5.11. The van der Waals surface area contributed by atoms with Crippen molar-refractivity contribution in [2.45, 2.75) is 33.1 Å². The zero-order valence-corrected chi connectivity index (χ0v) is 13.5. The summed E-state index contributed by atoms with van der Waals surface area (Å²) >= 11 is 0. The van der Waals surface area contributed by atoms with E-state index in [1.54, 1.807) is 19.1 Å². The first kappa shape index (κ1) is 18.4. The molecule has 0 radical (unpaired) electrons. The van der Waals surface area contributed by atoms with E-state index in [2.05, 4.69) is 24.1 Å². The molecule has 0 atom stereocenters. The molecule has 6 heteroatoms. The van der Waals surface area contributed by atoms with E-state index in [0.717, 1.165) is 19.3 Å². The number of rotatable bonds is 7. The smallest absolute Gasteiger partial charge is 0.338 e. The van der Waals surface area contributed by atoms with E-state index < -0.39 is 17.8 Å². The van der Waals surface area contributed by atoms with E-state index in [4.69, 9.17) is 4.74 Å². The Morgan fingerprint density at radius 3 is 2.30 bits per heavy atom. The first-order valence-corrected chi connectivity index (χ1v) is 7.51. The van der Waals surface area contributed by atoms with Crippen molar-refractivity contribution < 1.29 is 19.1 Å². The number of hydrogen-bond acceptors (Lipinski definition) is 4. The highest BCUT2D eigenvalue weighted by Crippen LogP contribution is 2.16. The van der Waals surface area contributed by atoms with Gasteiger partial charge in [0.2, 0.25) is 0 Å². The summed E-state index contributed by atoms with van der Waals surface area (Å²) in [5, 5.41) is 5.03. The summed E-state index contributed by atoms with van der Waals surface area (Å²) in [4.78, 5) is 34.7. The van der Waals surface area contributed by atoms with Crippen LogP contribution < -0.4 is 15.4 Å². The Bertz CT molecular complexity index is 579. The highest BCUT2D eigenvalue weighted by Gasteiger charge is 2.13. The number of nitrogens with one attached hydrogen (secondary N) is 2. The number of unbranched alkanes of at least 4 members (excludes halogenated alkanes) is 2. The van der Waals surface area contributed by atoms with Crippen LogP contribution in [-0.4, -0.2) is 24.3 Å². The fraction of sp³-hybridized carbons (Fsp3) is 0.353. The Hall–Kier alpha value is -2.63. The highest BCUT2D eigenvalue weighted by molar-refractivity contribution is 6.39. The van der Waals surface area contributed by atoms with E-state index in [9.17, 15) is 14.4 Å². The van der Waals surface area contributed by atoms with Crippen molar-refractivity contribution in [1.82, 2.24) is 5.32 Å². The SMILES string of the molecule is C=C(C)C(=O)Oc1ccc(NC(=O)C(=O)NCCCCC)cc1. The number of ether oxygens (including phenoxy) is 1. The predicted molar refractivity (Wildman–Crippen MR) is 88.1 cm³/mol. The van der Waals surface area contributed by atoms with E-state index in [1.165, 1.54) is 12.1 Å². The molecule has 0 saturated carbocycles. The van der Waals surface area contributed by atoms with Gasteiger partial charge in [0.05, 0.1) is 0 Å². The number of carbonyl (C=O) groups is 3. The zero-order valence-electron chi connectivity index (χ0n) is 13.5. The summed E-state index contributed by atoms with van der Waals surface area (Å²) in [7, 11) is 0. The Morgan fingerprint density at radius 2 is 1.74 bits per heavy atom. The van der Waals surface area contributed by atoms with Crippen LogP contribution in [0.25, 0.3) is 0 Å². The van der Waals surface area contributed by atoms with Crippen LogP contribution in [0.5, 0.6) is 5.75 Å². The van der Waals surface area contributed by atoms with Crippen molar-refractivity contribution >= 4 is 23.5 Å². The molecule has 1 rings (SSSR count). The molecular weight excluding hydrogens is 296 g/mol. The molecule has 124 valence electrons. The number of amides is 2. The van der Waals surface area contributed by atoms with Gasteiger partial charge in [-0.25, -0.2) is 4.79 Å². The molecule has 2 amide bonds. The topological polar surface area (TPSA) is 84.5 Å². The minimum Gasteiger partial charge on any atom is -0.423 e. The summed E-state index contributed by atoms with van der Waals surface area (Å²) in [6, 6.07) is 6.14. The minimum atomic E-state index is -0.729. The summed E-state index contributed by atoms with van der Waals surface area (Å²) < 4.78 is 5.03. The van der Waals surface area contributed by atoms with Crippen molar-refractivity contribution in [3.63, 3.8) is 0 Å². The molecule has 0 fully saturated rings. The van der Waals surface area contributed by atoms with Gasteiger partial charge in [0.25, 0.3) is 0 Å². The predicted octanol–water partition coefficient (Wildman–Crippen LogP) is 2.41.